The number of carbonyl (C=O) groups excluding carboxylic acids is 1. The minimum Gasteiger partial charge on any atom is -0.410 e. The summed E-state index contributed by atoms with van der Waals surface area (Å²) in [4.78, 5) is 10.8. The molecule has 0 aliphatic heterocycles. The molecule has 0 unspecified atom stereocenters. The topological polar surface area (TPSA) is 64.3 Å². The minimum atomic E-state index is -0.478. The lowest BCUT2D eigenvalue weighted by molar-refractivity contribution is 0.203. The zero-order valence-electron chi connectivity index (χ0n) is 7.82. The Balaban J connectivity index is 0.00000169. The number of nitrogens with two attached hydrogens (primary N) is 1. The quantitative estimate of drug-likeness (QED) is 0.783. The third-order valence-electron chi connectivity index (χ3n) is 1.55. The van der Waals surface area contributed by atoms with Gasteiger partial charge in [0.05, 0.1) is 0 Å². The summed E-state index contributed by atoms with van der Waals surface area (Å²) in [6.07, 6.45) is -0.478. The molecule has 1 aromatic rings. The number of amides is 1. The molecule has 3 N–H and O–H groups in total. The Morgan fingerprint density at radius 1 is 1.57 bits per heavy atom. The zero-order chi connectivity index (χ0) is 9.68. The van der Waals surface area contributed by atoms with Gasteiger partial charge in [0.2, 0.25) is 0 Å². The van der Waals surface area contributed by atoms with Crippen LogP contribution in [0.5, 0.6) is 5.75 Å². The van der Waals surface area contributed by atoms with E-state index < -0.39 is 6.09 Å². The van der Waals surface area contributed by atoms with Crippen molar-refractivity contribution in [3.8, 4) is 5.75 Å². The van der Waals surface area contributed by atoms with Crippen LogP contribution < -0.4 is 15.8 Å². The normalized spacial score (nSPS) is 8.71. The highest BCUT2D eigenvalue weighted by atomic mass is 35.5. The largest absolute Gasteiger partial charge is 0.412 e. The van der Waals surface area contributed by atoms with Gasteiger partial charge in [-0.1, -0.05) is 12.1 Å². The molecule has 0 spiro atoms. The summed E-state index contributed by atoms with van der Waals surface area (Å²) >= 11 is 0. The number of hydrogen-bond donors (Lipinski definition) is 2. The van der Waals surface area contributed by atoms with Crippen LogP contribution in [0.15, 0.2) is 24.3 Å². The third-order valence-corrected chi connectivity index (χ3v) is 1.55. The van der Waals surface area contributed by atoms with Crippen molar-refractivity contribution >= 4 is 18.5 Å². The second-order valence-corrected chi connectivity index (χ2v) is 2.49. The van der Waals surface area contributed by atoms with Gasteiger partial charge in [-0.2, -0.15) is 0 Å². The molecule has 0 atom stereocenters. The lowest BCUT2D eigenvalue weighted by Crippen LogP contribution is -2.22. The molecule has 0 fully saturated rings. The molecule has 0 aliphatic carbocycles. The Bertz CT molecular complexity index is 305. The van der Waals surface area contributed by atoms with Gasteiger partial charge in [0.15, 0.2) is 0 Å². The first-order valence-electron chi connectivity index (χ1n) is 3.95. The van der Waals surface area contributed by atoms with Crippen molar-refractivity contribution in [1.82, 2.24) is 5.32 Å². The number of carbonyl (C=O) groups is 1. The molecular formula is C9H13ClN2O2. The molecule has 1 amide bonds. The molecule has 0 bridgehead atoms. The van der Waals surface area contributed by atoms with E-state index in [1.165, 1.54) is 7.05 Å². The van der Waals surface area contributed by atoms with E-state index in [9.17, 15) is 4.79 Å². The molecule has 0 saturated carbocycles. The Morgan fingerprint density at radius 2 is 2.29 bits per heavy atom. The van der Waals surface area contributed by atoms with Crippen LogP contribution in [0, 0.1) is 0 Å². The number of rotatable bonds is 2. The van der Waals surface area contributed by atoms with Gasteiger partial charge < -0.3 is 15.8 Å². The van der Waals surface area contributed by atoms with Gasteiger partial charge in [0, 0.05) is 13.6 Å². The SMILES string of the molecule is CNC(=O)Oc1cccc(CN)c1.Cl. The van der Waals surface area contributed by atoms with Crippen LogP contribution in [-0.4, -0.2) is 13.1 Å². The highest BCUT2D eigenvalue weighted by Crippen LogP contribution is 2.12. The molecule has 0 aliphatic rings. The monoisotopic (exact) mass is 216 g/mol. The lowest BCUT2D eigenvalue weighted by atomic mass is 10.2. The molecule has 0 radical (unpaired) electrons. The maximum Gasteiger partial charge on any atom is 0.412 e. The zero-order valence-corrected chi connectivity index (χ0v) is 8.64. The van der Waals surface area contributed by atoms with Crippen molar-refractivity contribution in [2.24, 2.45) is 5.73 Å². The van der Waals surface area contributed by atoms with E-state index in [1.54, 1.807) is 18.2 Å². The van der Waals surface area contributed by atoms with Crippen molar-refractivity contribution in [2.45, 2.75) is 6.54 Å². The van der Waals surface area contributed by atoms with Gasteiger partial charge in [-0.25, -0.2) is 4.79 Å². The number of nitrogens with one attached hydrogen (secondary N) is 1. The van der Waals surface area contributed by atoms with Crippen molar-refractivity contribution in [2.75, 3.05) is 7.05 Å². The maximum absolute atomic E-state index is 10.8. The Kier molecular flexibility index (Phi) is 5.67. The van der Waals surface area contributed by atoms with E-state index in [0.29, 0.717) is 12.3 Å². The lowest BCUT2D eigenvalue weighted by Gasteiger charge is -2.04. The average Bonchev–Trinajstić information content (AvgIpc) is 2.18. The number of ether oxygens (including phenoxy) is 1. The first-order valence-corrected chi connectivity index (χ1v) is 3.95. The second-order valence-electron chi connectivity index (χ2n) is 2.49. The highest BCUT2D eigenvalue weighted by Gasteiger charge is 2.00. The van der Waals surface area contributed by atoms with Crippen molar-refractivity contribution < 1.29 is 9.53 Å². The van der Waals surface area contributed by atoms with Gasteiger partial charge in [0.25, 0.3) is 0 Å². The fourth-order valence-electron chi connectivity index (χ4n) is 0.894. The first kappa shape index (κ1) is 12.7. The van der Waals surface area contributed by atoms with Crippen molar-refractivity contribution in [3.63, 3.8) is 0 Å². The minimum absolute atomic E-state index is 0. The molecular weight excluding hydrogens is 204 g/mol. The van der Waals surface area contributed by atoms with Gasteiger partial charge in [-0.05, 0) is 17.7 Å². The third kappa shape index (κ3) is 3.64. The van der Waals surface area contributed by atoms with Crippen LogP contribution in [0.25, 0.3) is 0 Å². The van der Waals surface area contributed by atoms with Crippen LogP contribution in [0.3, 0.4) is 0 Å². The summed E-state index contributed by atoms with van der Waals surface area (Å²) in [5.41, 5.74) is 6.36. The van der Waals surface area contributed by atoms with E-state index in [4.69, 9.17) is 10.5 Å². The summed E-state index contributed by atoms with van der Waals surface area (Å²) in [7, 11) is 1.51. The Hall–Kier alpha value is -1.26. The predicted octanol–water partition coefficient (Wildman–Crippen LogP) is 1.29. The molecule has 0 heterocycles. The number of hydrogen-bond acceptors (Lipinski definition) is 3. The molecule has 0 saturated heterocycles. The molecule has 78 valence electrons. The van der Waals surface area contributed by atoms with Gasteiger partial charge in [-0.15, -0.1) is 12.4 Å². The summed E-state index contributed by atoms with van der Waals surface area (Å²) in [5, 5.41) is 2.36. The van der Waals surface area contributed by atoms with Crippen LogP contribution in [0.4, 0.5) is 4.79 Å². The molecule has 14 heavy (non-hydrogen) atoms. The smallest absolute Gasteiger partial charge is 0.410 e. The van der Waals surface area contributed by atoms with E-state index in [-0.39, 0.29) is 12.4 Å². The van der Waals surface area contributed by atoms with Crippen LogP contribution >= 0.6 is 12.4 Å². The predicted molar refractivity (Wildman–Crippen MR) is 56.7 cm³/mol. The standard InChI is InChI=1S/C9H12N2O2.ClH/c1-11-9(12)13-8-4-2-3-7(5-8)6-10;/h2-5H,6,10H2,1H3,(H,11,12);1H. The van der Waals surface area contributed by atoms with E-state index in [2.05, 4.69) is 5.32 Å². The van der Waals surface area contributed by atoms with Crippen LogP contribution in [0.2, 0.25) is 0 Å². The van der Waals surface area contributed by atoms with E-state index in [0.717, 1.165) is 5.56 Å². The van der Waals surface area contributed by atoms with Gasteiger partial charge in [0.1, 0.15) is 5.75 Å². The summed E-state index contributed by atoms with van der Waals surface area (Å²) in [5.74, 6) is 0.502. The van der Waals surface area contributed by atoms with Crippen molar-refractivity contribution in [1.29, 1.82) is 0 Å². The summed E-state index contributed by atoms with van der Waals surface area (Å²) in [6.45, 7) is 0.435. The second kappa shape index (κ2) is 6.23. The van der Waals surface area contributed by atoms with Crippen LogP contribution in [-0.2, 0) is 6.54 Å². The molecule has 1 rings (SSSR count). The highest BCUT2D eigenvalue weighted by molar-refractivity contribution is 5.85. The van der Waals surface area contributed by atoms with E-state index >= 15 is 0 Å². The first-order chi connectivity index (χ1) is 6.26. The van der Waals surface area contributed by atoms with Gasteiger partial charge >= 0.3 is 6.09 Å². The van der Waals surface area contributed by atoms with Gasteiger partial charge in [-0.3, -0.25) is 0 Å². The van der Waals surface area contributed by atoms with Crippen molar-refractivity contribution in [3.05, 3.63) is 29.8 Å². The van der Waals surface area contributed by atoms with E-state index in [1.807, 2.05) is 6.07 Å². The average molecular weight is 217 g/mol. The fourth-order valence-corrected chi connectivity index (χ4v) is 0.894. The summed E-state index contributed by atoms with van der Waals surface area (Å²) < 4.78 is 4.90. The molecule has 1 aromatic carbocycles. The molecule has 4 nitrogen and oxygen atoms in total. The fraction of sp³-hybridized carbons (Fsp3) is 0.222. The molecule has 5 heteroatoms. The summed E-state index contributed by atoms with van der Waals surface area (Å²) in [6, 6.07) is 7.10. The Labute approximate surface area is 88.8 Å². The number of halogens is 1. The molecule has 0 aromatic heterocycles. The Morgan fingerprint density at radius 3 is 2.86 bits per heavy atom. The maximum atomic E-state index is 10.8. The number of benzene rings is 1. The van der Waals surface area contributed by atoms with Crippen LogP contribution in [0.1, 0.15) is 5.56 Å².